The largest absolute Gasteiger partial charge is 0.466 e. The summed E-state index contributed by atoms with van der Waals surface area (Å²) in [5, 5.41) is 19.4. The highest BCUT2D eigenvalue weighted by molar-refractivity contribution is 5.71. The van der Waals surface area contributed by atoms with E-state index in [0.29, 0.717) is 109 Å². The highest BCUT2D eigenvalue weighted by atomic mass is 16.5. The first-order valence-corrected chi connectivity index (χ1v) is 36.9. The van der Waals surface area contributed by atoms with Gasteiger partial charge in [0.2, 0.25) is 17.8 Å². The Labute approximate surface area is 538 Å². The fourth-order valence-electron chi connectivity index (χ4n) is 10.8. The summed E-state index contributed by atoms with van der Waals surface area (Å²) in [5.74, 6) is 0.189. The monoisotopic (exact) mass is 1250 g/mol. The summed E-state index contributed by atoms with van der Waals surface area (Å²) in [6, 6.07) is 0. The van der Waals surface area contributed by atoms with E-state index in [0.717, 1.165) is 51.4 Å². The summed E-state index contributed by atoms with van der Waals surface area (Å²) in [6.07, 6.45) is 51.2. The molecule has 0 aliphatic rings. The number of anilines is 3. The number of carbonyl (C=O) groups is 4. The number of esters is 4. The number of rotatable bonds is 69. The van der Waals surface area contributed by atoms with E-state index in [-0.39, 0.29) is 62.7 Å². The molecule has 4 N–H and O–H groups in total. The summed E-state index contributed by atoms with van der Waals surface area (Å²) < 4.78 is 22.6. The van der Waals surface area contributed by atoms with E-state index >= 15 is 0 Å². The Kier molecular flexibility index (Phi) is 60.4. The molecule has 17 heteroatoms. The van der Waals surface area contributed by atoms with E-state index in [1.54, 1.807) is 0 Å². The minimum absolute atomic E-state index is 0.0950. The third-order valence-corrected chi connectivity index (χ3v) is 16.5. The Bertz CT molecular complexity index is 1530. The molecular weight excluding hydrogens is 1110 g/mol. The van der Waals surface area contributed by atoms with Crippen LogP contribution in [0.3, 0.4) is 0 Å². The number of hydrogen-bond donors (Lipinski definition) is 4. The van der Waals surface area contributed by atoms with Crippen molar-refractivity contribution in [3.8, 4) is 0 Å². The van der Waals surface area contributed by atoms with Gasteiger partial charge in [-0.3, -0.25) is 19.2 Å². The molecule has 1 aromatic rings. The fraction of sp³-hybridized carbons (Fsp3) is 0.901. The van der Waals surface area contributed by atoms with E-state index in [1.807, 2.05) is 0 Å². The van der Waals surface area contributed by atoms with E-state index in [1.165, 1.54) is 205 Å². The summed E-state index contributed by atoms with van der Waals surface area (Å²) in [5.41, 5.74) is 0. The minimum Gasteiger partial charge on any atom is -0.466 e. The molecule has 0 saturated heterocycles. The van der Waals surface area contributed by atoms with Gasteiger partial charge >= 0.3 is 23.9 Å². The van der Waals surface area contributed by atoms with Gasteiger partial charge < -0.3 is 49.8 Å². The summed E-state index contributed by atoms with van der Waals surface area (Å²) in [6.45, 7) is 15.1. The lowest BCUT2D eigenvalue weighted by Gasteiger charge is -2.22. The van der Waals surface area contributed by atoms with Gasteiger partial charge in [-0.15, -0.1) is 0 Å². The van der Waals surface area contributed by atoms with Crippen LogP contribution in [0.5, 0.6) is 0 Å². The average Bonchev–Trinajstić information content (AvgIpc) is 3.72. The van der Waals surface area contributed by atoms with Crippen molar-refractivity contribution in [1.29, 1.82) is 0 Å². The third-order valence-electron chi connectivity index (χ3n) is 16.5. The summed E-state index contributed by atoms with van der Waals surface area (Å²) in [4.78, 5) is 69.7. The number of nitrogens with zero attached hydrogens (tertiary/aromatic N) is 5. The number of aliphatic hydroxyl groups excluding tert-OH is 1. The minimum atomic E-state index is -0.215. The number of unbranched alkanes of at least 4 members (excludes halogenated alkanes) is 36. The zero-order chi connectivity index (χ0) is 63.7. The predicted octanol–water partition coefficient (Wildman–Crippen LogP) is 16.9. The Balaban J connectivity index is 2.82. The maximum absolute atomic E-state index is 12.9. The highest BCUT2D eigenvalue weighted by Crippen LogP contribution is 2.16. The van der Waals surface area contributed by atoms with Crippen molar-refractivity contribution in [2.24, 2.45) is 0 Å². The zero-order valence-corrected chi connectivity index (χ0v) is 57.4. The van der Waals surface area contributed by atoms with E-state index < -0.39 is 0 Å². The van der Waals surface area contributed by atoms with Gasteiger partial charge in [0.15, 0.2) is 0 Å². The lowest BCUT2D eigenvalue weighted by Crippen LogP contribution is -2.32. The van der Waals surface area contributed by atoms with Crippen LogP contribution in [-0.2, 0) is 38.1 Å². The molecule has 0 aliphatic carbocycles. The van der Waals surface area contributed by atoms with Gasteiger partial charge in [0.05, 0.1) is 58.7 Å². The summed E-state index contributed by atoms with van der Waals surface area (Å²) in [7, 11) is 0. The van der Waals surface area contributed by atoms with Gasteiger partial charge in [0, 0.05) is 45.8 Å². The van der Waals surface area contributed by atoms with Gasteiger partial charge in [-0.25, -0.2) is 0 Å². The van der Waals surface area contributed by atoms with Crippen molar-refractivity contribution in [3.63, 3.8) is 0 Å². The Morgan fingerprint density at radius 1 is 0.295 bits per heavy atom. The van der Waals surface area contributed by atoms with Crippen LogP contribution in [-0.4, -0.2) is 146 Å². The molecule has 514 valence electrons. The van der Waals surface area contributed by atoms with Crippen LogP contribution in [0.1, 0.15) is 323 Å². The molecule has 0 aliphatic heterocycles. The van der Waals surface area contributed by atoms with Crippen LogP contribution in [0.2, 0.25) is 0 Å². The van der Waals surface area contributed by atoms with Crippen LogP contribution in [0, 0.1) is 0 Å². The molecule has 0 bridgehead atoms. The van der Waals surface area contributed by atoms with Crippen molar-refractivity contribution in [1.82, 2.24) is 24.8 Å². The van der Waals surface area contributed by atoms with Crippen molar-refractivity contribution in [2.75, 3.05) is 108 Å². The molecule has 88 heavy (non-hydrogen) atoms. The average molecular weight is 1250 g/mol. The number of aliphatic hydroxyl groups is 1. The van der Waals surface area contributed by atoms with Crippen LogP contribution >= 0.6 is 0 Å². The van der Waals surface area contributed by atoms with E-state index in [2.05, 4.69) is 68.4 Å². The molecule has 0 fully saturated rings. The molecule has 1 heterocycles. The quantitative estimate of drug-likeness (QED) is 0.0272. The zero-order valence-electron chi connectivity index (χ0n) is 57.4. The number of aromatic nitrogens is 3. The van der Waals surface area contributed by atoms with Crippen LogP contribution in [0.4, 0.5) is 17.8 Å². The second kappa shape index (κ2) is 64.7. The second-order valence-corrected chi connectivity index (χ2v) is 24.8. The normalized spacial score (nSPS) is 11.4. The Morgan fingerprint density at radius 3 is 0.716 bits per heavy atom. The maximum atomic E-state index is 12.9. The van der Waals surface area contributed by atoms with E-state index in [9.17, 15) is 24.3 Å². The standard InChI is InChI=1S/C71H136N8O9/c1-5-9-13-17-21-25-29-33-37-41-61-85-65(81)47-56-78(57-48-66(82)86-62-42-38-34-30-26-22-18-14-10-6-2)54-45-51-72-69-75-70(77-71(76-69)74-53-60-80)73-52-46-55-79(58-49-67(83)87-63-43-39-35-31-27-23-19-15-11-7-3)59-50-68(84)88-64-44-40-36-32-28-24-20-16-12-8-4/h80H,5-64H2,1-4H3,(H3,72,73,74,75,76,77). The van der Waals surface area contributed by atoms with Crippen molar-refractivity contribution in [2.45, 2.75) is 323 Å². The molecule has 17 nitrogen and oxygen atoms in total. The smallest absolute Gasteiger partial charge is 0.307 e. The second-order valence-electron chi connectivity index (χ2n) is 24.8. The molecule has 0 amide bonds. The van der Waals surface area contributed by atoms with Gasteiger partial charge in [-0.1, -0.05) is 259 Å². The van der Waals surface area contributed by atoms with Crippen LogP contribution in [0.15, 0.2) is 0 Å². The molecule has 0 radical (unpaired) electrons. The number of hydrogen-bond acceptors (Lipinski definition) is 17. The van der Waals surface area contributed by atoms with Crippen LogP contribution in [0.25, 0.3) is 0 Å². The molecule has 1 rings (SSSR count). The molecule has 0 saturated carbocycles. The Hall–Kier alpha value is -3.83. The molecule has 0 unspecified atom stereocenters. The van der Waals surface area contributed by atoms with Crippen LogP contribution < -0.4 is 16.0 Å². The molecule has 0 spiro atoms. The predicted molar refractivity (Wildman–Crippen MR) is 364 cm³/mol. The fourth-order valence-corrected chi connectivity index (χ4v) is 10.8. The van der Waals surface area contributed by atoms with Crippen molar-refractivity contribution in [3.05, 3.63) is 0 Å². The van der Waals surface area contributed by atoms with Gasteiger partial charge in [-0.05, 0) is 51.6 Å². The van der Waals surface area contributed by atoms with E-state index in [4.69, 9.17) is 18.9 Å². The van der Waals surface area contributed by atoms with Gasteiger partial charge in [0.25, 0.3) is 0 Å². The third kappa shape index (κ3) is 56.2. The topological polar surface area (TPSA) is 207 Å². The lowest BCUT2D eigenvalue weighted by molar-refractivity contribution is -0.146. The SMILES string of the molecule is CCCCCCCCCCCCOC(=O)CCN(CCCNc1nc(NCCO)nc(NCCCN(CCC(=O)OCCCCCCCCCCCC)CCC(=O)OCCCCCCCCCCCC)n1)CCC(=O)OCCCCCCCCCCCC. The number of carbonyl (C=O) groups excluding carboxylic acids is 4. The first-order valence-electron chi connectivity index (χ1n) is 36.9. The molecular formula is C71H136N8O9. The first-order chi connectivity index (χ1) is 43.2. The first kappa shape index (κ1) is 82.2. The highest BCUT2D eigenvalue weighted by Gasteiger charge is 2.16. The number of ether oxygens (including phenoxy) is 4. The lowest BCUT2D eigenvalue weighted by atomic mass is 10.1. The number of nitrogens with one attached hydrogen (secondary N) is 3. The van der Waals surface area contributed by atoms with Crippen molar-refractivity contribution >= 4 is 41.7 Å². The molecule has 0 atom stereocenters. The molecule has 1 aromatic heterocycles. The van der Waals surface area contributed by atoms with Crippen molar-refractivity contribution < 1.29 is 43.2 Å². The summed E-state index contributed by atoms with van der Waals surface area (Å²) >= 11 is 0. The molecule has 0 aromatic carbocycles. The Morgan fingerprint density at radius 2 is 0.500 bits per heavy atom. The maximum Gasteiger partial charge on any atom is 0.307 e. The van der Waals surface area contributed by atoms with Gasteiger partial charge in [-0.2, -0.15) is 15.0 Å². The van der Waals surface area contributed by atoms with Gasteiger partial charge in [0.1, 0.15) is 0 Å².